The number of hydrogen-bond acceptors (Lipinski definition) is 6. The lowest BCUT2D eigenvalue weighted by Crippen LogP contribution is -2.35. The van der Waals surface area contributed by atoms with Gasteiger partial charge < -0.3 is 14.7 Å². The summed E-state index contributed by atoms with van der Waals surface area (Å²) in [4.78, 5) is 14.4. The average molecular weight is 390 g/mol. The highest BCUT2D eigenvalue weighted by Gasteiger charge is 2.36. The van der Waals surface area contributed by atoms with Gasteiger partial charge >= 0.3 is 6.18 Å². The number of rotatable bonds is 4. The average Bonchev–Trinajstić information content (AvgIpc) is 3.16. The zero-order valence-corrected chi connectivity index (χ0v) is 15.9. The predicted octanol–water partition coefficient (Wildman–Crippen LogP) is 3.15. The molecule has 28 heavy (non-hydrogen) atoms. The normalized spacial score (nSPS) is 16.8. The highest BCUT2D eigenvalue weighted by atomic mass is 19.4. The van der Waals surface area contributed by atoms with E-state index in [1.165, 1.54) is 6.07 Å². The summed E-state index contributed by atoms with van der Waals surface area (Å²) in [6.45, 7) is 1.07. The van der Waals surface area contributed by atoms with E-state index >= 15 is 0 Å². The molecule has 1 saturated heterocycles. The zero-order valence-electron chi connectivity index (χ0n) is 15.9. The van der Waals surface area contributed by atoms with Crippen molar-refractivity contribution in [2.45, 2.75) is 18.6 Å². The molecule has 0 aliphatic carbocycles. The van der Waals surface area contributed by atoms with Gasteiger partial charge in [-0.1, -0.05) is 6.07 Å². The van der Waals surface area contributed by atoms with E-state index in [1.807, 2.05) is 30.9 Å². The summed E-state index contributed by atoms with van der Waals surface area (Å²) in [5, 5.41) is 9.35. The molecule has 0 spiro atoms. The maximum absolute atomic E-state index is 13.2. The summed E-state index contributed by atoms with van der Waals surface area (Å²) >= 11 is 0. The molecular formula is C19H21F3N6. The summed E-state index contributed by atoms with van der Waals surface area (Å²) in [6, 6.07) is 7.48. The predicted molar refractivity (Wildman–Crippen MR) is 102 cm³/mol. The minimum absolute atomic E-state index is 0.0611. The molecule has 9 heteroatoms. The van der Waals surface area contributed by atoms with Crippen LogP contribution in [0.4, 0.5) is 30.6 Å². The lowest BCUT2D eigenvalue weighted by molar-refractivity contribution is -0.137. The molecule has 1 aromatic carbocycles. The standard InChI is InChI=1S/C19H21F3N6/c1-26(2)18-24-9-7-17(25-18)27(3)13-8-10-28(12-13)16-6-4-5-15(14(16)11-23)19(20,21)22/h4-7,9,13H,8,10,12H2,1-3H3. The van der Waals surface area contributed by atoms with Crippen molar-refractivity contribution in [2.75, 3.05) is 48.9 Å². The molecule has 0 radical (unpaired) electrons. The van der Waals surface area contributed by atoms with E-state index in [2.05, 4.69) is 9.97 Å². The molecule has 0 bridgehead atoms. The van der Waals surface area contributed by atoms with E-state index in [0.717, 1.165) is 18.3 Å². The van der Waals surface area contributed by atoms with Gasteiger partial charge in [0.2, 0.25) is 5.95 Å². The summed E-state index contributed by atoms with van der Waals surface area (Å²) in [5.74, 6) is 1.33. The fourth-order valence-electron chi connectivity index (χ4n) is 3.37. The molecular weight excluding hydrogens is 369 g/mol. The first-order valence-corrected chi connectivity index (χ1v) is 8.81. The van der Waals surface area contributed by atoms with Crippen molar-refractivity contribution in [2.24, 2.45) is 0 Å². The number of alkyl halides is 3. The van der Waals surface area contributed by atoms with Gasteiger partial charge in [-0.15, -0.1) is 0 Å². The molecule has 0 saturated carbocycles. The number of nitriles is 1. The lowest BCUT2D eigenvalue weighted by atomic mass is 10.1. The van der Waals surface area contributed by atoms with Gasteiger partial charge in [-0.25, -0.2) is 4.98 Å². The number of aromatic nitrogens is 2. The Morgan fingerprint density at radius 1 is 1.21 bits per heavy atom. The van der Waals surface area contributed by atoms with Gasteiger partial charge in [0.05, 0.1) is 16.8 Å². The van der Waals surface area contributed by atoms with E-state index in [0.29, 0.717) is 24.7 Å². The Hall–Kier alpha value is -3.02. The van der Waals surface area contributed by atoms with Crippen LogP contribution in [0.1, 0.15) is 17.5 Å². The van der Waals surface area contributed by atoms with E-state index in [9.17, 15) is 18.4 Å². The number of anilines is 3. The summed E-state index contributed by atoms with van der Waals surface area (Å²) in [7, 11) is 5.62. The largest absolute Gasteiger partial charge is 0.417 e. The van der Waals surface area contributed by atoms with E-state index < -0.39 is 11.7 Å². The van der Waals surface area contributed by atoms with Gasteiger partial charge in [0, 0.05) is 46.5 Å². The monoisotopic (exact) mass is 390 g/mol. The molecule has 1 aromatic heterocycles. The molecule has 148 valence electrons. The fraction of sp³-hybridized carbons (Fsp3) is 0.421. The van der Waals surface area contributed by atoms with Crippen molar-refractivity contribution in [1.29, 1.82) is 5.26 Å². The number of benzene rings is 1. The van der Waals surface area contributed by atoms with Crippen LogP contribution in [0.3, 0.4) is 0 Å². The molecule has 2 aromatic rings. The highest BCUT2D eigenvalue weighted by Crippen LogP contribution is 2.37. The van der Waals surface area contributed by atoms with E-state index in [1.54, 1.807) is 29.3 Å². The third-order valence-corrected chi connectivity index (χ3v) is 4.90. The molecule has 3 rings (SSSR count). The Morgan fingerprint density at radius 2 is 1.96 bits per heavy atom. The van der Waals surface area contributed by atoms with E-state index in [-0.39, 0.29) is 11.6 Å². The first-order valence-electron chi connectivity index (χ1n) is 8.81. The maximum Gasteiger partial charge on any atom is 0.417 e. The molecule has 1 atom stereocenters. The molecule has 0 N–H and O–H groups in total. The van der Waals surface area contributed by atoms with Crippen molar-refractivity contribution < 1.29 is 13.2 Å². The maximum atomic E-state index is 13.2. The molecule has 1 fully saturated rings. The summed E-state index contributed by atoms with van der Waals surface area (Å²) in [5.41, 5.74) is -0.893. The fourth-order valence-corrected chi connectivity index (χ4v) is 3.37. The Balaban J connectivity index is 1.83. The Morgan fingerprint density at radius 3 is 2.61 bits per heavy atom. The topological polar surface area (TPSA) is 59.3 Å². The van der Waals surface area contributed by atoms with Crippen LogP contribution in [0.5, 0.6) is 0 Å². The van der Waals surface area contributed by atoms with Crippen molar-refractivity contribution >= 4 is 17.5 Å². The van der Waals surface area contributed by atoms with Crippen LogP contribution in [-0.4, -0.2) is 50.2 Å². The zero-order chi connectivity index (χ0) is 20.5. The van der Waals surface area contributed by atoms with Gasteiger partial charge in [0.25, 0.3) is 0 Å². The number of nitrogens with zero attached hydrogens (tertiary/aromatic N) is 6. The molecule has 0 amide bonds. The summed E-state index contributed by atoms with van der Waals surface area (Å²) < 4.78 is 39.7. The van der Waals surface area contributed by atoms with Crippen LogP contribution in [0.15, 0.2) is 30.5 Å². The number of hydrogen-bond donors (Lipinski definition) is 0. The minimum atomic E-state index is -4.56. The Kier molecular flexibility index (Phi) is 5.31. The lowest BCUT2D eigenvalue weighted by Gasteiger charge is -2.27. The molecule has 1 aliphatic heterocycles. The number of halogens is 3. The van der Waals surface area contributed by atoms with Crippen molar-refractivity contribution in [3.8, 4) is 6.07 Å². The van der Waals surface area contributed by atoms with Crippen molar-refractivity contribution in [1.82, 2.24) is 9.97 Å². The second-order valence-electron chi connectivity index (χ2n) is 6.92. The van der Waals surface area contributed by atoms with Crippen LogP contribution >= 0.6 is 0 Å². The third-order valence-electron chi connectivity index (χ3n) is 4.90. The second kappa shape index (κ2) is 7.54. The van der Waals surface area contributed by atoms with Crippen LogP contribution in [0, 0.1) is 11.3 Å². The first kappa shape index (κ1) is 19.7. The van der Waals surface area contributed by atoms with Gasteiger partial charge in [-0.2, -0.15) is 23.4 Å². The minimum Gasteiger partial charge on any atom is -0.368 e. The van der Waals surface area contributed by atoms with E-state index in [4.69, 9.17) is 0 Å². The van der Waals surface area contributed by atoms with Crippen molar-refractivity contribution in [3.05, 3.63) is 41.6 Å². The third kappa shape index (κ3) is 3.81. The van der Waals surface area contributed by atoms with Crippen LogP contribution < -0.4 is 14.7 Å². The Bertz CT molecular complexity index is 890. The first-order chi connectivity index (χ1) is 13.2. The SMILES string of the molecule is CN(C)c1nccc(N(C)C2CCN(c3cccc(C(F)(F)F)c3C#N)C2)n1. The van der Waals surface area contributed by atoms with Crippen LogP contribution in [0.2, 0.25) is 0 Å². The van der Waals surface area contributed by atoms with Crippen LogP contribution in [-0.2, 0) is 6.18 Å². The highest BCUT2D eigenvalue weighted by molar-refractivity contribution is 5.64. The van der Waals surface area contributed by atoms with Crippen molar-refractivity contribution in [3.63, 3.8) is 0 Å². The van der Waals surface area contributed by atoms with Gasteiger partial charge in [-0.05, 0) is 24.6 Å². The van der Waals surface area contributed by atoms with Gasteiger partial charge in [0.1, 0.15) is 11.9 Å². The quantitative estimate of drug-likeness (QED) is 0.799. The molecule has 1 aliphatic rings. The van der Waals surface area contributed by atoms with Gasteiger partial charge in [-0.3, -0.25) is 0 Å². The van der Waals surface area contributed by atoms with Gasteiger partial charge in [0.15, 0.2) is 0 Å². The molecule has 6 nitrogen and oxygen atoms in total. The molecule has 1 unspecified atom stereocenters. The smallest absolute Gasteiger partial charge is 0.368 e. The van der Waals surface area contributed by atoms with Crippen LogP contribution in [0.25, 0.3) is 0 Å². The summed E-state index contributed by atoms with van der Waals surface area (Å²) in [6.07, 6.45) is -2.12. The second-order valence-corrected chi connectivity index (χ2v) is 6.92. The molecule has 2 heterocycles. The Labute approximate surface area is 161 Å². The number of likely N-dealkylation sites (N-methyl/N-ethyl adjacent to an activating group) is 1.